The molecule has 0 heteroatoms. The van der Waals surface area contributed by atoms with E-state index in [-0.39, 0.29) is 5.41 Å². The molecule has 0 nitrogen and oxygen atoms in total. The number of hydrogen-bond acceptors (Lipinski definition) is 0. The molecule has 17 heavy (non-hydrogen) atoms. The molecule has 1 aliphatic carbocycles. The minimum absolute atomic E-state index is 0.0931. The maximum atomic E-state index is 3.91. The largest absolute Gasteiger partial charge is 0.0984 e. The molecule has 86 valence electrons. The molecule has 0 radical (unpaired) electrons. The van der Waals surface area contributed by atoms with Gasteiger partial charge in [-0.1, -0.05) is 75.6 Å². The van der Waals surface area contributed by atoms with E-state index < -0.39 is 0 Å². The lowest BCUT2D eigenvalue weighted by Gasteiger charge is -2.13. The molecular weight excluding hydrogens is 204 g/mol. The summed E-state index contributed by atoms with van der Waals surface area (Å²) in [6, 6.07) is 4.26. The molecule has 0 N–H and O–H groups in total. The second-order valence-electron chi connectivity index (χ2n) is 4.97. The topological polar surface area (TPSA) is 0 Å². The summed E-state index contributed by atoms with van der Waals surface area (Å²) in [6.45, 7) is 12.2. The van der Waals surface area contributed by atoms with Crippen LogP contribution in [0.5, 0.6) is 0 Å². The second-order valence-corrected chi connectivity index (χ2v) is 4.97. The normalized spacial score (nSPS) is 16.1. The van der Waals surface area contributed by atoms with Crippen LogP contribution in [0, 0.1) is 5.41 Å². The summed E-state index contributed by atoms with van der Waals surface area (Å²) >= 11 is 0. The molecule has 0 heterocycles. The van der Waals surface area contributed by atoms with Crippen molar-refractivity contribution in [2.24, 2.45) is 5.41 Å². The van der Waals surface area contributed by atoms with E-state index in [2.05, 4.69) is 63.4 Å². The number of fused-ring (bicyclic) bond motifs is 1. The van der Waals surface area contributed by atoms with Crippen LogP contribution in [-0.4, -0.2) is 0 Å². The average molecular weight is 222 g/mol. The van der Waals surface area contributed by atoms with Gasteiger partial charge in [-0.25, -0.2) is 0 Å². The fraction of sp³-hybridized carbons (Fsp3) is 0.176. The van der Waals surface area contributed by atoms with Crippen LogP contribution in [0.25, 0.3) is 24.3 Å². The molecule has 0 saturated heterocycles. The Labute approximate surface area is 103 Å². The van der Waals surface area contributed by atoms with Crippen molar-refractivity contribution in [3.8, 4) is 0 Å². The van der Waals surface area contributed by atoms with Crippen LogP contribution in [-0.2, 0) is 0 Å². The Hall–Kier alpha value is -1.82. The van der Waals surface area contributed by atoms with Gasteiger partial charge in [0.2, 0.25) is 0 Å². The maximum Gasteiger partial charge on any atom is 0.00167 e. The molecule has 0 bridgehead atoms. The predicted octanol–water partition coefficient (Wildman–Crippen LogP) is 3.13. The third kappa shape index (κ3) is 2.16. The van der Waals surface area contributed by atoms with E-state index in [0.29, 0.717) is 0 Å². The van der Waals surface area contributed by atoms with Gasteiger partial charge < -0.3 is 0 Å². The molecule has 1 aromatic rings. The standard InChI is InChI=1S/C17H18/c1-5-13-9-10-14-12-17(3,4)11-7-8-16(14)15(13)6-2/h5-12H,1-2H2,3-4H3. The van der Waals surface area contributed by atoms with Gasteiger partial charge in [-0.3, -0.25) is 0 Å². The van der Waals surface area contributed by atoms with Crippen molar-refractivity contribution in [3.63, 3.8) is 0 Å². The number of rotatable bonds is 2. The Balaban J connectivity index is 2.90. The van der Waals surface area contributed by atoms with Crippen molar-refractivity contribution >= 4 is 24.3 Å². The summed E-state index contributed by atoms with van der Waals surface area (Å²) in [7, 11) is 0. The van der Waals surface area contributed by atoms with Crippen molar-refractivity contribution in [1.29, 1.82) is 0 Å². The zero-order chi connectivity index (χ0) is 12.5. The Morgan fingerprint density at radius 2 is 1.88 bits per heavy atom. The van der Waals surface area contributed by atoms with E-state index >= 15 is 0 Å². The van der Waals surface area contributed by atoms with E-state index in [1.807, 2.05) is 12.2 Å². The van der Waals surface area contributed by atoms with Gasteiger partial charge in [-0.05, 0) is 21.6 Å². The highest BCUT2D eigenvalue weighted by molar-refractivity contribution is 5.67. The average Bonchev–Trinajstić information content (AvgIpc) is 2.44. The van der Waals surface area contributed by atoms with Gasteiger partial charge in [0.1, 0.15) is 0 Å². The SMILES string of the molecule is C=Cc1ccc2c(c1C=C)=CC=CC(C)(C)C=2. The first-order valence-corrected chi connectivity index (χ1v) is 5.88. The van der Waals surface area contributed by atoms with Gasteiger partial charge >= 0.3 is 0 Å². The predicted molar refractivity (Wildman–Crippen MR) is 77.7 cm³/mol. The molecule has 2 rings (SSSR count). The molecule has 0 aromatic heterocycles. The van der Waals surface area contributed by atoms with E-state index in [0.717, 1.165) is 11.1 Å². The number of hydrogen-bond donors (Lipinski definition) is 0. The van der Waals surface area contributed by atoms with Crippen molar-refractivity contribution in [1.82, 2.24) is 0 Å². The highest BCUT2D eigenvalue weighted by Crippen LogP contribution is 2.19. The third-order valence-corrected chi connectivity index (χ3v) is 3.09. The summed E-state index contributed by atoms with van der Waals surface area (Å²) in [6.07, 6.45) is 12.6. The van der Waals surface area contributed by atoms with E-state index in [4.69, 9.17) is 0 Å². The molecular formula is C17H18. The third-order valence-electron chi connectivity index (χ3n) is 3.09. The first-order valence-electron chi connectivity index (χ1n) is 5.88. The molecule has 0 atom stereocenters. The zero-order valence-electron chi connectivity index (χ0n) is 10.5. The van der Waals surface area contributed by atoms with Crippen LogP contribution in [0.2, 0.25) is 0 Å². The van der Waals surface area contributed by atoms with Crippen LogP contribution in [0.1, 0.15) is 25.0 Å². The summed E-state index contributed by atoms with van der Waals surface area (Å²) in [5.41, 5.74) is 2.39. The van der Waals surface area contributed by atoms with Crippen molar-refractivity contribution < 1.29 is 0 Å². The van der Waals surface area contributed by atoms with Crippen molar-refractivity contribution in [2.75, 3.05) is 0 Å². The van der Waals surface area contributed by atoms with E-state index in [1.54, 1.807) is 0 Å². The summed E-state index contributed by atoms with van der Waals surface area (Å²) in [4.78, 5) is 0. The molecule has 0 amide bonds. The van der Waals surface area contributed by atoms with Crippen LogP contribution in [0.15, 0.2) is 37.4 Å². The Morgan fingerprint density at radius 1 is 1.12 bits per heavy atom. The van der Waals surface area contributed by atoms with Gasteiger partial charge in [-0.15, -0.1) is 0 Å². The maximum absolute atomic E-state index is 3.91. The number of benzene rings is 1. The monoisotopic (exact) mass is 222 g/mol. The van der Waals surface area contributed by atoms with Crippen molar-refractivity contribution in [3.05, 3.63) is 59.0 Å². The molecule has 1 aromatic carbocycles. The molecule has 1 aliphatic rings. The molecule has 0 aliphatic heterocycles. The summed E-state index contributed by atoms with van der Waals surface area (Å²) in [5.74, 6) is 0. The molecule has 0 unspecified atom stereocenters. The Bertz CT molecular complexity index is 610. The Morgan fingerprint density at radius 3 is 2.53 bits per heavy atom. The van der Waals surface area contributed by atoms with Crippen LogP contribution >= 0.6 is 0 Å². The van der Waals surface area contributed by atoms with Crippen LogP contribution in [0.4, 0.5) is 0 Å². The highest BCUT2D eigenvalue weighted by atomic mass is 14.2. The van der Waals surface area contributed by atoms with Gasteiger partial charge in [0.15, 0.2) is 0 Å². The fourth-order valence-corrected chi connectivity index (χ4v) is 2.23. The van der Waals surface area contributed by atoms with Crippen LogP contribution in [0.3, 0.4) is 0 Å². The van der Waals surface area contributed by atoms with Gasteiger partial charge in [0.05, 0.1) is 0 Å². The zero-order valence-corrected chi connectivity index (χ0v) is 10.5. The summed E-state index contributed by atoms with van der Waals surface area (Å²) in [5, 5.41) is 2.50. The first kappa shape index (κ1) is 11.7. The van der Waals surface area contributed by atoms with Crippen molar-refractivity contribution in [2.45, 2.75) is 13.8 Å². The highest BCUT2D eigenvalue weighted by Gasteiger charge is 2.11. The van der Waals surface area contributed by atoms with Gasteiger partial charge in [0.25, 0.3) is 0 Å². The minimum atomic E-state index is 0.0931. The first-order chi connectivity index (χ1) is 8.07. The number of allylic oxidation sites excluding steroid dienone is 2. The van der Waals surface area contributed by atoms with Gasteiger partial charge in [-0.2, -0.15) is 0 Å². The molecule has 0 spiro atoms. The smallest absolute Gasteiger partial charge is 0.00167 e. The molecule has 0 fully saturated rings. The van der Waals surface area contributed by atoms with Gasteiger partial charge in [0, 0.05) is 5.41 Å². The lowest BCUT2D eigenvalue weighted by atomic mass is 9.92. The van der Waals surface area contributed by atoms with E-state index in [9.17, 15) is 0 Å². The van der Waals surface area contributed by atoms with E-state index in [1.165, 1.54) is 10.4 Å². The minimum Gasteiger partial charge on any atom is -0.0984 e. The van der Waals surface area contributed by atoms with Crippen LogP contribution < -0.4 is 10.4 Å². The lowest BCUT2D eigenvalue weighted by Crippen LogP contribution is -2.29. The Kier molecular flexibility index (Phi) is 2.89. The lowest BCUT2D eigenvalue weighted by molar-refractivity contribution is 0.671. The second kappa shape index (κ2) is 4.21. The summed E-state index contributed by atoms with van der Waals surface area (Å²) < 4.78 is 0. The molecule has 0 saturated carbocycles. The quantitative estimate of drug-likeness (QED) is 0.721. The fourth-order valence-electron chi connectivity index (χ4n) is 2.23.